The van der Waals surface area contributed by atoms with Crippen LogP contribution in [0, 0.1) is 5.92 Å². The van der Waals surface area contributed by atoms with Crippen molar-refractivity contribution in [3.63, 3.8) is 0 Å². The van der Waals surface area contributed by atoms with E-state index in [9.17, 15) is 0 Å². The molecule has 0 aromatic rings. The Labute approximate surface area is 71.6 Å². The summed E-state index contributed by atoms with van der Waals surface area (Å²) in [5.74, 6) is 0.891. The Hall–Kier alpha value is -0.0400. The predicted octanol–water partition coefficient (Wildman–Crippen LogP) is 2.81. The van der Waals surface area contributed by atoms with Crippen LogP contribution >= 0.6 is 0 Å². The van der Waals surface area contributed by atoms with Gasteiger partial charge in [-0.1, -0.05) is 40.5 Å². The molecular formula is C10H23N. The van der Waals surface area contributed by atoms with Crippen molar-refractivity contribution in [3.05, 3.63) is 0 Å². The molecule has 0 aromatic carbocycles. The van der Waals surface area contributed by atoms with Crippen molar-refractivity contribution in [1.29, 1.82) is 0 Å². The summed E-state index contributed by atoms with van der Waals surface area (Å²) in [6, 6.07) is 0.640. The summed E-state index contributed by atoms with van der Waals surface area (Å²) in [4.78, 5) is 0. The van der Waals surface area contributed by atoms with Crippen LogP contribution < -0.4 is 5.32 Å². The summed E-state index contributed by atoms with van der Waals surface area (Å²) in [6.07, 6.45) is 4.00. The van der Waals surface area contributed by atoms with Gasteiger partial charge in [0.05, 0.1) is 0 Å². The average Bonchev–Trinajstić information content (AvgIpc) is 1.97. The first-order valence-corrected chi connectivity index (χ1v) is 4.94. The number of nitrogens with one attached hydrogen (secondary N) is 1. The Morgan fingerprint density at radius 2 is 1.82 bits per heavy atom. The van der Waals surface area contributed by atoms with Gasteiger partial charge in [-0.05, 0) is 18.9 Å². The van der Waals surface area contributed by atoms with Gasteiger partial charge < -0.3 is 5.32 Å². The summed E-state index contributed by atoms with van der Waals surface area (Å²) < 4.78 is 0. The lowest BCUT2D eigenvalue weighted by atomic mass is 10.0. The second-order valence-electron chi connectivity index (χ2n) is 3.63. The van der Waals surface area contributed by atoms with Crippen molar-refractivity contribution >= 4 is 0 Å². The molecule has 0 aliphatic heterocycles. The molecule has 11 heavy (non-hydrogen) atoms. The standard InChI is InChI=1S/C10H23N/c1-5-7-10(6-2)8-11-9(3)4/h9-11H,5-8H2,1-4H3. The van der Waals surface area contributed by atoms with Crippen molar-refractivity contribution in [2.45, 2.75) is 53.0 Å². The normalized spacial score (nSPS) is 13.9. The highest BCUT2D eigenvalue weighted by atomic mass is 14.9. The third-order valence-corrected chi connectivity index (χ3v) is 2.09. The van der Waals surface area contributed by atoms with Crippen molar-refractivity contribution in [3.8, 4) is 0 Å². The monoisotopic (exact) mass is 157 g/mol. The summed E-state index contributed by atoms with van der Waals surface area (Å²) in [5.41, 5.74) is 0. The van der Waals surface area contributed by atoms with Crippen LogP contribution in [-0.4, -0.2) is 12.6 Å². The number of hydrogen-bond acceptors (Lipinski definition) is 1. The van der Waals surface area contributed by atoms with E-state index < -0.39 is 0 Å². The van der Waals surface area contributed by atoms with Crippen LogP contribution in [0.4, 0.5) is 0 Å². The Morgan fingerprint density at radius 1 is 1.18 bits per heavy atom. The molecule has 0 aromatic heterocycles. The molecule has 68 valence electrons. The summed E-state index contributed by atoms with van der Waals surface area (Å²) >= 11 is 0. The summed E-state index contributed by atoms with van der Waals surface area (Å²) in [6.45, 7) is 10.2. The topological polar surface area (TPSA) is 12.0 Å². The fourth-order valence-electron chi connectivity index (χ4n) is 1.26. The van der Waals surface area contributed by atoms with Gasteiger partial charge in [0.2, 0.25) is 0 Å². The minimum Gasteiger partial charge on any atom is -0.314 e. The molecule has 0 saturated heterocycles. The van der Waals surface area contributed by atoms with Crippen molar-refractivity contribution in [1.82, 2.24) is 5.32 Å². The van der Waals surface area contributed by atoms with Gasteiger partial charge in [-0.15, -0.1) is 0 Å². The molecule has 0 saturated carbocycles. The Kier molecular flexibility index (Phi) is 6.63. The molecule has 0 bridgehead atoms. The summed E-state index contributed by atoms with van der Waals surface area (Å²) in [5, 5.41) is 3.48. The molecule has 0 rings (SSSR count). The molecule has 0 amide bonds. The van der Waals surface area contributed by atoms with E-state index in [1.165, 1.54) is 25.8 Å². The first-order valence-electron chi connectivity index (χ1n) is 4.94. The molecule has 1 heteroatoms. The minimum absolute atomic E-state index is 0.640. The Morgan fingerprint density at radius 3 is 2.18 bits per heavy atom. The molecule has 1 nitrogen and oxygen atoms in total. The van der Waals surface area contributed by atoms with Crippen molar-refractivity contribution < 1.29 is 0 Å². The van der Waals surface area contributed by atoms with Gasteiger partial charge in [-0.2, -0.15) is 0 Å². The molecule has 0 aliphatic carbocycles. The molecule has 0 radical (unpaired) electrons. The van der Waals surface area contributed by atoms with E-state index >= 15 is 0 Å². The second kappa shape index (κ2) is 6.66. The molecular weight excluding hydrogens is 134 g/mol. The van der Waals surface area contributed by atoms with Gasteiger partial charge in [-0.25, -0.2) is 0 Å². The van der Waals surface area contributed by atoms with Crippen LogP contribution in [0.5, 0.6) is 0 Å². The molecule has 1 N–H and O–H groups in total. The summed E-state index contributed by atoms with van der Waals surface area (Å²) in [7, 11) is 0. The van der Waals surface area contributed by atoms with E-state index in [2.05, 4.69) is 33.0 Å². The first kappa shape index (κ1) is 11.0. The fourth-order valence-corrected chi connectivity index (χ4v) is 1.26. The zero-order valence-corrected chi connectivity index (χ0v) is 8.48. The van der Waals surface area contributed by atoms with Gasteiger partial charge in [0.25, 0.3) is 0 Å². The van der Waals surface area contributed by atoms with Gasteiger partial charge in [0, 0.05) is 6.04 Å². The lowest BCUT2D eigenvalue weighted by molar-refractivity contribution is 0.410. The smallest absolute Gasteiger partial charge is 0.00104 e. The van der Waals surface area contributed by atoms with Crippen LogP contribution in [-0.2, 0) is 0 Å². The largest absolute Gasteiger partial charge is 0.314 e. The third kappa shape index (κ3) is 6.36. The maximum absolute atomic E-state index is 3.48. The average molecular weight is 157 g/mol. The third-order valence-electron chi connectivity index (χ3n) is 2.09. The van der Waals surface area contributed by atoms with E-state index in [1.807, 2.05) is 0 Å². The van der Waals surface area contributed by atoms with Crippen LogP contribution in [0.25, 0.3) is 0 Å². The Balaban J connectivity index is 3.35. The van der Waals surface area contributed by atoms with E-state index in [-0.39, 0.29) is 0 Å². The number of rotatable bonds is 6. The van der Waals surface area contributed by atoms with Crippen LogP contribution in [0.3, 0.4) is 0 Å². The van der Waals surface area contributed by atoms with E-state index in [4.69, 9.17) is 0 Å². The van der Waals surface area contributed by atoms with E-state index in [0.717, 1.165) is 5.92 Å². The molecule has 0 fully saturated rings. The Bertz CT molecular complexity index is 78.9. The van der Waals surface area contributed by atoms with Crippen molar-refractivity contribution in [2.75, 3.05) is 6.54 Å². The van der Waals surface area contributed by atoms with Gasteiger partial charge in [0.15, 0.2) is 0 Å². The lowest BCUT2D eigenvalue weighted by Gasteiger charge is -2.16. The molecule has 0 spiro atoms. The van der Waals surface area contributed by atoms with Gasteiger partial charge in [-0.3, -0.25) is 0 Å². The highest BCUT2D eigenvalue weighted by molar-refractivity contribution is 4.62. The maximum Gasteiger partial charge on any atom is 0.00104 e. The minimum atomic E-state index is 0.640. The molecule has 1 unspecified atom stereocenters. The number of hydrogen-bond donors (Lipinski definition) is 1. The predicted molar refractivity (Wildman–Crippen MR) is 51.8 cm³/mol. The zero-order chi connectivity index (χ0) is 8.69. The second-order valence-corrected chi connectivity index (χ2v) is 3.63. The van der Waals surface area contributed by atoms with Crippen LogP contribution in [0.1, 0.15) is 47.0 Å². The molecule has 1 atom stereocenters. The molecule has 0 aliphatic rings. The van der Waals surface area contributed by atoms with E-state index in [1.54, 1.807) is 0 Å². The van der Waals surface area contributed by atoms with Crippen LogP contribution in [0.15, 0.2) is 0 Å². The first-order chi connectivity index (χ1) is 5.20. The quantitative estimate of drug-likeness (QED) is 0.625. The SMILES string of the molecule is CCCC(CC)CNC(C)C. The lowest BCUT2D eigenvalue weighted by Crippen LogP contribution is -2.28. The highest BCUT2D eigenvalue weighted by Crippen LogP contribution is 2.08. The maximum atomic E-state index is 3.48. The molecule has 0 heterocycles. The van der Waals surface area contributed by atoms with Gasteiger partial charge in [0.1, 0.15) is 0 Å². The van der Waals surface area contributed by atoms with Crippen molar-refractivity contribution in [2.24, 2.45) is 5.92 Å². The zero-order valence-electron chi connectivity index (χ0n) is 8.48. The highest BCUT2D eigenvalue weighted by Gasteiger charge is 2.04. The van der Waals surface area contributed by atoms with Crippen LogP contribution in [0.2, 0.25) is 0 Å². The van der Waals surface area contributed by atoms with Gasteiger partial charge >= 0.3 is 0 Å². The van der Waals surface area contributed by atoms with E-state index in [0.29, 0.717) is 6.04 Å². The fraction of sp³-hybridized carbons (Fsp3) is 1.00.